The molecular formula is C46H32N2. The normalized spacial score (nSPS) is 11.2. The van der Waals surface area contributed by atoms with E-state index in [1.54, 1.807) is 0 Å². The van der Waals surface area contributed by atoms with E-state index in [1.807, 2.05) is 24.3 Å². The van der Waals surface area contributed by atoms with Crippen LogP contribution in [0.1, 0.15) is 30.5 Å². The fraction of sp³-hybridized carbons (Fsp3) is 0.0870. The topological polar surface area (TPSA) is 28.1 Å². The van der Waals surface area contributed by atoms with Crippen molar-refractivity contribution in [3.63, 3.8) is 0 Å². The third kappa shape index (κ3) is 4.79. The lowest BCUT2D eigenvalue weighted by Crippen LogP contribution is -1.94. The van der Waals surface area contributed by atoms with Gasteiger partial charge in [0, 0.05) is 0 Å². The highest BCUT2D eigenvalue weighted by Crippen LogP contribution is 2.48. The van der Waals surface area contributed by atoms with Crippen LogP contribution in [0.5, 0.6) is 0 Å². The number of nitrogens with zero attached hydrogens (tertiary/aromatic N) is 2. The highest BCUT2D eigenvalue weighted by atomic mass is 14.6. The predicted molar refractivity (Wildman–Crippen MR) is 202 cm³/mol. The molecule has 0 aliphatic rings. The maximum Gasteiger partial charge on any atom is 0.187 e. The van der Waals surface area contributed by atoms with Crippen molar-refractivity contribution in [1.29, 1.82) is 5.26 Å². The first-order chi connectivity index (χ1) is 23.6. The molecule has 0 atom stereocenters. The molecule has 0 unspecified atom stereocenters. The second-order valence-electron chi connectivity index (χ2n) is 12.5. The second-order valence-corrected chi connectivity index (χ2v) is 12.5. The van der Waals surface area contributed by atoms with Gasteiger partial charge in [-0.3, -0.25) is 0 Å². The van der Waals surface area contributed by atoms with E-state index < -0.39 is 0 Å². The van der Waals surface area contributed by atoms with Gasteiger partial charge in [0.25, 0.3) is 0 Å². The van der Waals surface area contributed by atoms with Gasteiger partial charge in [0.2, 0.25) is 0 Å². The summed E-state index contributed by atoms with van der Waals surface area (Å²) in [5, 5.41) is 16.8. The number of aryl methyl sites for hydroxylation is 2. The van der Waals surface area contributed by atoms with Crippen molar-refractivity contribution in [1.82, 2.24) is 0 Å². The summed E-state index contributed by atoms with van der Waals surface area (Å²) in [6.45, 7) is 11.9. The largest absolute Gasteiger partial charge is 0.238 e. The molecule has 0 bridgehead atoms. The number of benzene rings is 8. The van der Waals surface area contributed by atoms with Crippen LogP contribution in [0.25, 0.3) is 81.7 Å². The molecule has 0 aliphatic heterocycles. The summed E-state index contributed by atoms with van der Waals surface area (Å²) < 4.78 is 0. The van der Waals surface area contributed by atoms with Crippen LogP contribution in [0.15, 0.2) is 133 Å². The van der Waals surface area contributed by atoms with Crippen molar-refractivity contribution in [2.24, 2.45) is 0 Å². The molecule has 8 aromatic rings. The minimum absolute atomic E-state index is 0.637. The summed E-state index contributed by atoms with van der Waals surface area (Å²) in [5.41, 5.74) is 13.2. The molecule has 0 aromatic heterocycles. The molecular weight excluding hydrogens is 581 g/mol. The van der Waals surface area contributed by atoms with Crippen molar-refractivity contribution in [3.05, 3.63) is 162 Å². The summed E-state index contributed by atoms with van der Waals surface area (Å²) in [7, 11) is 0. The van der Waals surface area contributed by atoms with Gasteiger partial charge < -0.3 is 0 Å². The Morgan fingerprint density at radius 1 is 0.479 bits per heavy atom. The third-order valence-corrected chi connectivity index (χ3v) is 9.88. The van der Waals surface area contributed by atoms with Crippen LogP contribution in [0.3, 0.4) is 0 Å². The Morgan fingerprint density at radius 3 is 1.12 bits per heavy atom. The monoisotopic (exact) mass is 612 g/mol. The molecule has 0 spiro atoms. The van der Waals surface area contributed by atoms with Crippen molar-refractivity contribution < 1.29 is 0 Å². The molecule has 0 radical (unpaired) electrons. The number of hydrogen-bond acceptors (Lipinski definition) is 1. The van der Waals surface area contributed by atoms with Crippen LogP contribution in [-0.2, 0) is 12.8 Å². The fourth-order valence-corrected chi connectivity index (χ4v) is 7.23. The molecule has 226 valence electrons. The summed E-state index contributed by atoms with van der Waals surface area (Å²) in [6, 6.07) is 50.0. The highest BCUT2D eigenvalue weighted by molar-refractivity contribution is 6.31. The van der Waals surface area contributed by atoms with Crippen LogP contribution >= 0.6 is 0 Å². The van der Waals surface area contributed by atoms with Gasteiger partial charge >= 0.3 is 0 Å². The van der Waals surface area contributed by atoms with E-state index in [4.69, 9.17) is 6.57 Å². The lowest BCUT2D eigenvalue weighted by molar-refractivity contribution is 1.14. The Bertz CT molecular complexity index is 2360. The van der Waals surface area contributed by atoms with E-state index in [-0.39, 0.29) is 0 Å². The quantitative estimate of drug-likeness (QED) is 0.136. The van der Waals surface area contributed by atoms with E-state index >= 15 is 0 Å². The summed E-state index contributed by atoms with van der Waals surface area (Å²) in [5.74, 6) is 0. The van der Waals surface area contributed by atoms with Gasteiger partial charge in [-0.05, 0) is 125 Å². The second kappa shape index (κ2) is 11.9. The van der Waals surface area contributed by atoms with Crippen LogP contribution in [0, 0.1) is 17.9 Å². The molecule has 2 nitrogen and oxygen atoms in total. The van der Waals surface area contributed by atoms with Crippen LogP contribution in [0.2, 0.25) is 0 Å². The smallest absolute Gasteiger partial charge is 0.187 e. The van der Waals surface area contributed by atoms with Crippen molar-refractivity contribution >= 4 is 38.0 Å². The first kappa shape index (κ1) is 29.2. The number of hydrogen-bond donors (Lipinski definition) is 0. The van der Waals surface area contributed by atoms with E-state index in [2.05, 4.69) is 134 Å². The van der Waals surface area contributed by atoms with Gasteiger partial charge in [0.15, 0.2) is 5.69 Å². The average molecular weight is 613 g/mol. The van der Waals surface area contributed by atoms with E-state index in [1.165, 1.54) is 65.7 Å². The van der Waals surface area contributed by atoms with Gasteiger partial charge in [-0.15, -0.1) is 0 Å². The van der Waals surface area contributed by atoms with Gasteiger partial charge in [0.05, 0.1) is 18.2 Å². The zero-order valence-electron chi connectivity index (χ0n) is 27.0. The Labute approximate surface area is 281 Å². The minimum Gasteiger partial charge on any atom is -0.238 e. The predicted octanol–water partition coefficient (Wildman–Crippen LogP) is 12.8. The zero-order valence-corrected chi connectivity index (χ0v) is 27.0. The lowest BCUT2D eigenvalue weighted by atomic mass is 9.82. The Morgan fingerprint density at radius 2 is 0.812 bits per heavy atom. The van der Waals surface area contributed by atoms with Crippen LogP contribution in [-0.4, -0.2) is 0 Å². The molecule has 8 rings (SSSR count). The van der Waals surface area contributed by atoms with Crippen LogP contribution in [0.4, 0.5) is 5.69 Å². The molecule has 0 N–H and O–H groups in total. The SMILES string of the molecule is [C-]#[N+]c1ccc(-c2cc(-c3ccc(CC)cc3)c3ccc4c(-c5ccc(C#N)cc5)cc(-c5ccc(CC)cc5)c5ccc2c3c45)cc1. The first-order valence-electron chi connectivity index (χ1n) is 16.6. The maximum absolute atomic E-state index is 9.53. The summed E-state index contributed by atoms with van der Waals surface area (Å²) >= 11 is 0. The number of rotatable bonds is 6. The minimum atomic E-state index is 0.637. The fourth-order valence-electron chi connectivity index (χ4n) is 7.23. The Kier molecular flexibility index (Phi) is 7.21. The van der Waals surface area contributed by atoms with E-state index in [0.717, 1.165) is 35.1 Å². The van der Waals surface area contributed by atoms with Crippen molar-refractivity contribution in [2.75, 3.05) is 0 Å². The molecule has 0 saturated carbocycles. The molecule has 0 aliphatic carbocycles. The molecule has 0 amide bonds. The van der Waals surface area contributed by atoms with Gasteiger partial charge in [-0.2, -0.15) is 5.26 Å². The number of nitriles is 1. The van der Waals surface area contributed by atoms with Crippen LogP contribution < -0.4 is 0 Å². The lowest BCUT2D eigenvalue weighted by Gasteiger charge is -2.21. The van der Waals surface area contributed by atoms with E-state index in [9.17, 15) is 5.26 Å². The van der Waals surface area contributed by atoms with Gasteiger partial charge in [-0.25, -0.2) is 4.85 Å². The Balaban J connectivity index is 1.52. The average Bonchev–Trinajstić information content (AvgIpc) is 3.16. The first-order valence-corrected chi connectivity index (χ1v) is 16.6. The Hall–Kier alpha value is -6.22. The molecule has 0 heterocycles. The van der Waals surface area contributed by atoms with Crippen molar-refractivity contribution in [2.45, 2.75) is 26.7 Å². The zero-order chi connectivity index (χ0) is 32.8. The van der Waals surface area contributed by atoms with Gasteiger partial charge in [0.1, 0.15) is 0 Å². The summed E-state index contributed by atoms with van der Waals surface area (Å²) in [6.07, 6.45) is 1.99. The van der Waals surface area contributed by atoms with E-state index in [0.29, 0.717) is 11.3 Å². The standard InChI is InChI=1S/C46H32N2/c1-4-29-6-12-32(13-7-29)41-26-43(34-16-10-31(28-47)11-17-34)39-23-22-38-42(33-14-8-30(5-2)9-15-33)27-44(35-18-20-36(48-3)21-19-35)40-25-24-37(41)45(39)46(38)40/h6-27H,4-5H2,1-2H3. The highest BCUT2D eigenvalue weighted by Gasteiger charge is 2.21. The molecule has 0 saturated heterocycles. The molecule has 48 heavy (non-hydrogen) atoms. The maximum atomic E-state index is 9.53. The molecule has 2 heteroatoms. The van der Waals surface area contributed by atoms with Gasteiger partial charge in [-0.1, -0.05) is 123 Å². The third-order valence-electron chi connectivity index (χ3n) is 9.88. The molecule has 8 aromatic carbocycles. The molecule has 0 fully saturated rings. The van der Waals surface area contributed by atoms with Crippen molar-refractivity contribution in [3.8, 4) is 50.6 Å². The summed E-state index contributed by atoms with van der Waals surface area (Å²) in [4.78, 5) is 3.65.